The van der Waals surface area contributed by atoms with E-state index in [1.807, 2.05) is 0 Å². The monoisotopic (exact) mass is 325 g/mol. The van der Waals surface area contributed by atoms with Crippen molar-refractivity contribution in [1.82, 2.24) is 5.16 Å². The molecule has 0 fully saturated rings. The van der Waals surface area contributed by atoms with Crippen LogP contribution in [-0.2, 0) is 12.8 Å². The summed E-state index contributed by atoms with van der Waals surface area (Å²) in [5.41, 5.74) is 1.80. The summed E-state index contributed by atoms with van der Waals surface area (Å²) in [5.74, 6) is 0.488. The number of carbonyl (C=O) groups is 1. The Labute approximate surface area is 135 Å². The topological polar surface area (TPSA) is 92.1 Å². The van der Waals surface area contributed by atoms with Crippen LogP contribution in [0.1, 0.15) is 32.9 Å². The van der Waals surface area contributed by atoms with Crippen molar-refractivity contribution in [3.63, 3.8) is 0 Å². The van der Waals surface area contributed by atoms with Gasteiger partial charge in [-0.1, -0.05) is 5.16 Å². The maximum atomic E-state index is 12.3. The largest absolute Gasteiger partial charge is 0.461 e. The third kappa shape index (κ3) is 2.33. The molecular formula is C16H11N3O3S. The van der Waals surface area contributed by atoms with Gasteiger partial charge in [-0.15, -0.1) is 11.3 Å². The van der Waals surface area contributed by atoms with Crippen LogP contribution in [-0.4, -0.2) is 11.1 Å². The van der Waals surface area contributed by atoms with Gasteiger partial charge in [0.15, 0.2) is 11.5 Å². The lowest BCUT2D eigenvalue weighted by molar-refractivity contribution is 0.101. The molecule has 0 saturated heterocycles. The molecule has 6 nitrogen and oxygen atoms in total. The first-order chi connectivity index (χ1) is 11.3. The van der Waals surface area contributed by atoms with Crippen LogP contribution in [0, 0.1) is 11.3 Å². The zero-order chi connectivity index (χ0) is 15.8. The standard InChI is InChI=1S/C16H11N3O3S/c17-8-10-9-3-1-5-14(9)23-16(10)18-15(20)11-7-13(22-19-11)12-4-2-6-21-12/h2,4,6-7H,1,3,5H2,(H,18,20). The summed E-state index contributed by atoms with van der Waals surface area (Å²) in [6, 6.07) is 7.16. The van der Waals surface area contributed by atoms with Crippen molar-refractivity contribution in [3.8, 4) is 17.6 Å². The van der Waals surface area contributed by atoms with Gasteiger partial charge in [0.25, 0.3) is 5.91 Å². The highest BCUT2D eigenvalue weighted by molar-refractivity contribution is 7.16. The smallest absolute Gasteiger partial charge is 0.278 e. The summed E-state index contributed by atoms with van der Waals surface area (Å²) < 4.78 is 10.3. The molecule has 1 amide bonds. The number of aryl methyl sites for hydroxylation is 1. The van der Waals surface area contributed by atoms with Crippen LogP contribution in [0.3, 0.4) is 0 Å². The van der Waals surface area contributed by atoms with Crippen molar-refractivity contribution < 1.29 is 13.7 Å². The highest BCUT2D eigenvalue weighted by Crippen LogP contribution is 2.38. The van der Waals surface area contributed by atoms with E-state index in [0.29, 0.717) is 22.1 Å². The summed E-state index contributed by atoms with van der Waals surface area (Å²) >= 11 is 1.47. The molecule has 4 rings (SSSR count). The molecule has 0 spiro atoms. The Bertz CT molecular complexity index is 915. The van der Waals surface area contributed by atoms with E-state index in [1.165, 1.54) is 28.5 Å². The molecule has 7 heteroatoms. The Balaban J connectivity index is 1.58. The lowest BCUT2D eigenvalue weighted by Gasteiger charge is -2.00. The average Bonchev–Trinajstić information content (AvgIpc) is 3.30. The van der Waals surface area contributed by atoms with Gasteiger partial charge in [-0.25, -0.2) is 0 Å². The number of hydrogen-bond acceptors (Lipinski definition) is 6. The number of nitriles is 1. The zero-order valence-corrected chi connectivity index (χ0v) is 12.8. The van der Waals surface area contributed by atoms with Crippen LogP contribution in [0.25, 0.3) is 11.5 Å². The van der Waals surface area contributed by atoms with E-state index in [2.05, 4.69) is 16.5 Å². The molecule has 3 heterocycles. The molecule has 114 valence electrons. The SMILES string of the molecule is N#Cc1c(NC(=O)c2cc(-c3ccco3)on2)sc2c1CCC2. The predicted molar refractivity (Wildman–Crippen MR) is 83.2 cm³/mol. The third-order valence-electron chi connectivity index (χ3n) is 3.77. The minimum absolute atomic E-state index is 0.147. The van der Waals surface area contributed by atoms with Crippen LogP contribution in [0.2, 0.25) is 0 Å². The van der Waals surface area contributed by atoms with Crippen molar-refractivity contribution in [2.24, 2.45) is 0 Å². The summed E-state index contributed by atoms with van der Waals surface area (Å²) in [6.07, 6.45) is 4.46. The molecule has 0 unspecified atom stereocenters. The number of furan rings is 1. The number of carbonyl (C=O) groups excluding carboxylic acids is 1. The zero-order valence-electron chi connectivity index (χ0n) is 12.0. The number of aromatic nitrogens is 1. The summed E-state index contributed by atoms with van der Waals surface area (Å²) in [4.78, 5) is 13.5. The molecule has 1 aliphatic rings. The summed E-state index contributed by atoms with van der Waals surface area (Å²) in [7, 11) is 0. The minimum Gasteiger partial charge on any atom is -0.461 e. The number of fused-ring (bicyclic) bond motifs is 1. The average molecular weight is 325 g/mol. The molecule has 3 aromatic rings. The molecule has 23 heavy (non-hydrogen) atoms. The van der Waals surface area contributed by atoms with Gasteiger partial charge in [0, 0.05) is 10.9 Å². The number of rotatable bonds is 3. The van der Waals surface area contributed by atoms with E-state index in [1.54, 1.807) is 12.1 Å². The Morgan fingerprint density at radius 3 is 3.09 bits per heavy atom. The first-order valence-electron chi connectivity index (χ1n) is 7.13. The fraction of sp³-hybridized carbons (Fsp3) is 0.188. The minimum atomic E-state index is -0.400. The van der Waals surface area contributed by atoms with Gasteiger partial charge in [0.05, 0.1) is 11.8 Å². The van der Waals surface area contributed by atoms with Gasteiger partial charge in [0.2, 0.25) is 5.76 Å². The lowest BCUT2D eigenvalue weighted by Crippen LogP contribution is -2.12. The number of nitrogens with one attached hydrogen (secondary N) is 1. The predicted octanol–water partition coefficient (Wildman–Crippen LogP) is 3.61. The van der Waals surface area contributed by atoms with Gasteiger partial charge in [-0.2, -0.15) is 5.26 Å². The van der Waals surface area contributed by atoms with Crippen molar-refractivity contribution >= 4 is 22.2 Å². The molecule has 0 radical (unpaired) electrons. The van der Waals surface area contributed by atoms with Crippen molar-refractivity contribution in [1.29, 1.82) is 5.26 Å². The Morgan fingerprint density at radius 2 is 2.30 bits per heavy atom. The van der Waals surface area contributed by atoms with E-state index in [9.17, 15) is 10.1 Å². The molecule has 1 N–H and O–H groups in total. The molecule has 0 atom stereocenters. The molecule has 0 saturated carbocycles. The highest BCUT2D eigenvalue weighted by atomic mass is 32.1. The first-order valence-corrected chi connectivity index (χ1v) is 7.94. The van der Waals surface area contributed by atoms with Crippen molar-refractivity contribution in [2.75, 3.05) is 5.32 Å². The quantitative estimate of drug-likeness (QED) is 0.794. The number of hydrogen-bond donors (Lipinski definition) is 1. The lowest BCUT2D eigenvalue weighted by atomic mass is 10.1. The molecule has 1 aliphatic carbocycles. The molecule has 0 bridgehead atoms. The van der Waals surface area contributed by atoms with Gasteiger partial charge in [-0.3, -0.25) is 4.79 Å². The second-order valence-electron chi connectivity index (χ2n) is 5.18. The third-order valence-corrected chi connectivity index (χ3v) is 4.97. The molecule has 3 aromatic heterocycles. The fourth-order valence-corrected chi connectivity index (χ4v) is 3.93. The molecular weight excluding hydrogens is 314 g/mol. The van der Waals surface area contributed by atoms with Gasteiger partial charge >= 0.3 is 0 Å². The van der Waals surface area contributed by atoms with Crippen LogP contribution in [0.4, 0.5) is 5.00 Å². The van der Waals surface area contributed by atoms with E-state index in [0.717, 1.165) is 24.8 Å². The van der Waals surface area contributed by atoms with E-state index in [-0.39, 0.29) is 5.69 Å². The normalized spacial score (nSPS) is 12.8. The summed E-state index contributed by atoms with van der Waals surface area (Å²) in [6.45, 7) is 0. The second kappa shape index (κ2) is 5.41. The molecule has 0 aliphatic heterocycles. The van der Waals surface area contributed by atoms with Gasteiger partial charge in [-0.05, 0) is 37.0 Å². The number of thiophene rings is 1. The van der Waals surface area contributed by atoms with E-state index in [4.69, 9.17) is 8.94 Å². The van der Waals surface area contributed by atoms with E-state index < -0.39 is 5.91 Å². The fourth-order valence-electron chi connectivity index (χ4n) is 2.69. The Morgan fingerprint density at radius 1 is 1.39 bits per heavy atom. The maximum Gasteiger partial charge on any atom is 0.278 e. The Hall–Kier alpha value is -2.85. The summed E-state index contributed by atoms with van der Waals surface area (Å²) in [5, 5.41) is 16.5. The van der Waals surface area contributed by atoms with Crippen LogP contribution in [0.15, 0.2) is 33.4 Å². The first kappa shape index (κ1) is 13.8. The molecule has 0 aromatic carbocycles. The number of anilines is 1. The van der Waals surface area contributed by atoms with E-state index >= 15 is 0 Å². The van der Waals surface area contributed by atoms with Crippen LogP contribution >= 0.6 is 11.3 Å². The van der Waals surface area contributed by atoms with Crippen molar-refractivity contribution in [2.45, 2.75) is 19.3 Å². The Kier molecular flexibility index (Phi) is 3.24. The second-order valence-corrected chi connectivity index (χ2v) is 6.29. The highest BCUT2D eigenvalue weighted by Gasteiger charge is 2.24. The van der Waals surface area contributed by atoms with Crippen LogP contribution in [0.5, 0.6) is 0 Å². The maximum absolute atomic E-state index is 12.3. The van der Waals surface area contributed by atoms with Crippen molar-refractivity contribution in [3.05, 3.63) is 46.2 Å². The van der Waals surface area contributed by atoms with Gasteiger partial charge < -0.3 is 14.3 Å². The number of nitrogens with zero attached hydrogens (tertiary/aromatic N) is 2. The van der Waals surface area contributed by atoms with Gasteiger partial charge in [0.1, 0.15) is 11.1 Å². The van der Waals surface area contributed by atoms with Crippen LogP contribution < -0.4 is 5.32 Å². The number of amides is 1.